The van der Waals surface area contributed by atoms with E-state index in [1.165, 1.54) is 17.2 Å². The fourth-order valence-electron chi connectivity index (χ4n) is 2.87. The lowest BCUT2D eigenvalue weighted by molar-refractivity contribution is -0.131. The number of allylic oxidation sites excluding steroid dienone is 5. The zero-order chi connectivity index (χ0) is 21.0. The lowest BCUT2D eigenvalue weighted by atomic mass is 9.77. The first-order chi connectivity index (χ1) is 12.3. The van der Waals surface area contributed by atoms with Crippen molar-refractivity contribution in [2.45, 2.75) is 66.2 Å². The number of carboxylic acids is 1. The van der Waals surface area contributed by atoms with Crippen molar-refractivity contribution in [2.75, 3.05) is 7.11 Å². The Morgan fingerprint density at radius 2 is 1.48 bits per heavy atom. The van der Waals surface area contributed by atoms with Gasteiger partial charge in [-0.2, -0.15) is 0 Å². The van der Waals surface area contributed by atoms with Gasteiger partial charge in [0, 0.05) is 17.2 Å². The molecular formula is C24H34O3. The van der Waals surface area contributed by atoms with Gasteiger partial charge in [0.05, 0.1) is 7.11 Å². The quantitative estimate of drug-likeness (QED) is 0.490. The number of carboxylic acid groups (broad SMARTS) is 1. The third-order valence-electron chi connectivity index (χ3n) is 4.42. The molecule has 0 saturated carbocycles. The van der Waals surface area contributed by atoms with Gasteiger partial charge in [0.15, 0.2) is 0 Å². The molecule has 1 aromatic carbocycles. The minimum atomic E-state index is -0.933. The van der Waals surface area contributed by atoms with Crippen LogP contribution in [0.25, 0.3) is 5.57 Å². The van der Waals surface area contributed by atoms with Crippen molar-refractivity contribution in [3.05, 3.63) is 58.7 Å². The van der Waals surface area contributed by atoms with Gasteiger partial charge in [-0.15, -0.1) is 0 Å². The molecule has 0 saturated heterocycles. The van der Waals surface area contributed by atoms with Gasteiger partial charge in [0.1, 0.15) is 5.75 Å². The normalized spacial score (nSPS) is 14.0. The summed E-state index contributed by atoms with van der Waals surface area (Å²) < 4.78 is 5.82. The lowest BCUT2D eigenvalue weighted by Crippen LogP contribution is -2.19. The molecule has 1 N–H and O–H groups in total. The number of aliphatic carboxylic acids is 1. The molecular weight excluding hydrogens is 336 g/mol. The molecule has 0 aliphatic heterocycles. The number of benzene rings is 1. The minimum absolute atomic E-state index is 0.0434. The smallest absolute Gasteiger partial charge is 0.328 e. The average Bonchev–Trinajstić information content (AvgIpc) is 2.50. The van der Waals surface area contributed by atoms with Crippen molar-refractivity contribution in [3.63, 3.8) is 0 Å². The molecule has 0 aliphatic rings. The second kappa shape index (κ2) is 8.60. The van der Waals surface area contributed by atoms with Gasteiger partial charge < -0.3 is 9.84 Å². The van der Waals surface area contributed by atoms with E-state index in [0.717, 1.165) is 16.9 Å². The van der Waals surface area contributed by atoms with E-state index in [1.807, 2.05) is 12.2 Å². The van der Waals surface area contributed by atoms with Crippen LogP contribution in [0.5, 0.6) is 5.75 Å². The number of ether oxygens (including phenoxy) is 1. The predicted octanol–water partition coefficient (Wildman–Crippen LogP) is 6.28. The van der Waals surface area contributed by atoms with E-state index in [0.29, 0.717) is 5.57 Å². The molecule has 0 aliphatic carbocycles. The first-order valence-electron chi connectivity index (χ1n) is 9.27. The Balaban J connectivity index is 3.49. The molecule has 148 valence electrons. The second-order valence-electron chi connectivity index (χ2n) is 9.04. The van der Waals surface area contributed by atoms with Gasteiger partial charge in [-0.05, 0) is 53.5 Å². The van der Waals surface area contributed by atoms with E-state index in [2.05, 4.69) is 60.6 Å². The SMILES string of the molecule is COc1c(C(C)(C)C)cc(/C(C)=C/C=C/C(C)=C/C(=O)O)cc1C(C)(C)C. The molecule has 0 atom stereocenters. The summed E-state index contributed by atoms with van der Waals surface area (Å²) in [6.07, 6.45) is 6.90. The number of methoxy groups -OCH3 is 1. The van der Waals surface area contributed by atoms with Gasteiger partial charge in [-0.3, -0.25) is 0 Å². The Kier molecular flexibility index (Phi) is 7.25. The number of hydrogen-bond donors (Lipinski definition) is 1. The first kappa shape index (κ1) is 22.8. The summed E-state index contributed by atoms with van der Waals surface area (Å²) in [5, 5.41) is 8.80. The largest absolute Gasteiger partial charge is 0.496 e. The highest BCUT2D eigenvalue weighted by Gasteiger charge is 2.27. The van der Waals surface area contributed by atoms with Crippen LogP contribution in [0.4, 0.5) is 0 Å². The Labute approximate surface area is 164 Å². The zero-order valence-electron chi connectivity index (χ0n) is 18.2. The molecule has 0 aromatic heterocycles. The standard InChI is InChI=1S/C24H34O3/c1-16(13-21(25)26)11-10-12-17(2)18-14-19(23(3,4)5)22(27-9)20(15-18)24(6,7)8/h10-15H,1-9H3,(H,25,26)/b11-10+,16-13+,17-12+. The summed E-state index contributed by atoms with van der Waals surface area (Å²) in [6.45, 7) is 17.0. The van der Waals surface area contributed by atoms with E-state index in [1.54, 1.807) is 20.1 Å². The summed E-state index contributed by atoms with van der Waals surface area (Å²) in [7, 11) is 1.74. The highest BCUT2D eigenvalue weighted by atomic mass is 16.5. The number of carbonyl (C=O) groups is 1. The highest BCUT2D eigenvalue weighted by Crippen LogP contribution is 2.41. The molecule has 1 aromatic rings. The lowest BCUT2D eigenvalue weighted by Gasteiger charge is -2.30. The summed E-state index contributed by atoms with van der Waals surface area (Å²) >= 11 is 0. The second-order valence-corrected chi connectivity index (χ2v) is 9.04. The fourth-order valence-corrected chi connectivity index (χ4v) is 2.87. The van der Waals surface area contributed by atoms with Crippen molar-refractivity contribution >= 4 is 11.5 Å². The molecule has 3 heteroatoms. The summed E-state index contributed by atoms with van der Waals surface area (Å²) in [4.78, 5) is 10.7. The van der Waals surface area contributed by atoms with Crippen LogP contribution in [-0.4, -0.2) is 18.2 Å². The Hall–Kier alpha value is -2.29. The van der Waals surface area contributed by atoms with Crippen LogP contribution in [-0.2, 0) is 15.6 Å². The van der Waals surface area contributed by atoms with E-state index in [4.69, 9.17) is 9.84 Å². The predicted molar refractivity (Wildman–Crippen MR) is 115 cm³/mol. The third kappa shape index (κ3) is 6.42. The van der Waals surface area contributed by atoms with Gasteiger partial charge in [-0.1, -0.05) is 59.8 Å². The summed E-state index contributed by atoms with van der Waals surface area (Å²) in [6, 6.07) is 4.40. The van der Waals surface area contributed by atoms with Crippen molar-refractivity contribution in [1.29, 1.82) is 0 Å². The van der Waals surface area contributed by atoms with E-state index in [-0.39, 0.29) is 10.8 Å². The minimum Gasteiger partial charge on any atom is -0.496 e. The maximum atomic E-state index is 10.7. The topological polar surface area (TPSA) is 46.5 Å². The molecule has 27 heavy (non-hydrogen) atoms. The fraction of sp³-hybridized carbons (Fsp3) is 0.458. The van der Waals surface area contributed by atoms with Gasteiger partial charge in [-0.25, -0.2) is 4.79 Å². The average molecular weight is 371 g/mol. The van der Waals surface area contributed by atoms with Crippen LogP contribution in [0.3, 0.4) is 0 Å². The molecule has 0 amide bonds. The monoisotopic (exact) mass is 370 g/mol. The van der Waals surface area contributed by atoms with Crippen molar-refractivity contribution in [1.82, 2.24) is 0 Å². The Morgan fingerprint density at radius 3 is 1.85 bits per heavy atom. The van der Waals surface area contributed by atoms with Crippen LogP contribution in [0.15, 0.2) is 42.0 Å². The summed E-state index contributed by atoms with van der Waals surface area (Å²) in [5.74, 6) is 0.0278. The molecule has 0 heterocycles. The molecule has 0 fully saturated rings. The van der Waals surface area contributed by atoms with Crippen LogP contribution in [0, 0.1) is 0 Å². The van der Waals surface area contributed by atoms with E-state index >= 15 is 0 Å². The molecule has 0 spiro atoms. The van der Waals surface area contributed by atoms with Gasteiger partial charge >= 0.3 is 5.97 Å². The maximum Gasteiger partial charge on any atom is 0.328 e. The van der Waals surface area contributed by atoms with Crippen LogP contribution >= 0.6 is 0 Å². The third-order valence-corrected chi connectivity index (χ3v) is 4.42. The molecule has 1 rings (SSSR count). The van der Waals surface area contributed by atoms with Crippen molar-refractivity contribution < 1.29 is 14.6 Å². The Bertz CT molecular complexity index is 744. The number of hydrogen-bond acceptors (Lipinski definition) is 2. The molecule has 3 nitrogen and oxygen atoms in total. The van der Waals surface area contributed by atoms with Crippen LogP contribution in [0.2, 0.25) is 0 Å². The van der Waals surface area contributed by atoms with E-state index < -0.39 is 5.97 Å². The summed E-state index contributed by atoms with van der Waals surface area (Å²) in [5.41, 5.74) is 5.25. The first-order valence-corrected chi connectivity index (χ1v) is 9.27. The van der Waals surface area contributed by atoms with Gasteiger partial charge in [0.2, 0.25) is 0 Å². The highest BCUT2D eigenvalue weighted by molar-refractivity contribution is 5.81. The van der Waals surface area contributed by atoms with Crippen LogP contribution in [0.1, 0.15) is 72.1 Å². The maximum absolute atomic E-state index is 10.7. The molecule has 0 radical (unpaired) electrons. The van der Waals surface area contributed by atoms with Gasteiger partial charge in [0.25, 0.3) is 0 Å². The van der Waals surface area contributed by atoms with Crippen molar-refractivity contribution in [2.24, 2.45) is 0 Å². The van der Waals surface area contributed by atoms with Crippen molar-refractivity contribution in [3.8, 4) is 5.75 Å². The van der Waals surface area contributed by atoms with E-state index in [9.17, 15) is 4.79 Å². The number of rotatable bonds is 5. The molecule has 0 bridgehead atoms. The Morgan fingerprint density at radius 1 is 1.00 bits per heavy atom. The zero-order valence-corrected chi connectivity index (χ0v) is 18.2. The molecule has 0 unspecified atom stereocenters. The van der Waals surface area contributed by atoms with Crippen LogP contribution < -0.4 is 4.74 Å².